The molecule has 0 spiro atoms. The summed E-state index contributed by atoms with van der Waals surface area (Å²) in [7, 11) is 0. The third-order valence-corrected chi connectivity index (χ3v) is 2.45. The maximum absolute atomic E-state index is 9.53. The summed E-state index contributed by atoms with van der Waals surface area (Å²) in [5, 5.41) is 11.4. The van der Waals surface area contributed by atoms with E-state index in [4.69, 9.17) is 6.42 Å². The van der Waals surface area contributed by atoms with E-state index < -0.39 is 0 Å². The van der Waals surface area contributed by atoms with Crippen LogP contribution < -0.4 is 0 Å². The van der Waals surface area contributed by atoms with Crippen molar-refractivity contribution in [2.45, 2.75) is 27.2 Å². The van der Waals surface area contributed by atoms with Crippen LogP contribution in [0.1, 0.15) is 32.0 Å². The van der Waals surface area contributed by atoms with E-state index in [0.29, 0.717) is 5.69 Å². The van der Waals surface area contributed by atoms with Crippen molar-refractivity contribution in [1.82, 2.24) is 4.98 Å². The fourth-order valence-corrected chi connectivity index (χ4v) is 1.77. The molecule has 1 aromatic carbocycles. The van der Waals surface area contributed by atoms with Crippen molar-refractivity contribution in [1.29, 1.82) is 0 Å². The number of terminal acetylenes is 1. The van der Waals surface area contributed by atoms with Crippen LogP contribution in [0.2, 0.25) is 0 Å². The molecule has 0 fully saturated rings. The Labute approximate surface area is 102 Å². The summed E-state index contributed by atoms with van der Waals surface area (Å²) in [5.74, 6) is 2.84. The first-order valence-electron chi connectivity index (χ1n) is 5.83. The van der Waals surface area contributed by atoms with Gasteiger partial charge in [0.2, 0.25) is 0 Å². The highest BCUT2D eigenvalue weighted by Gasteiger charge is 2.06. The average molecular weight is 227 g/mol. The van der Waals surface area contributed by atoms with Crippen LogP contribution in [0.15, 0.2) is 24.4 Å². The molecule has 2 nitrogen and oxygen atoms in total. The average Bonchev–Trinajstić information content (AvgIpc) is 2.39. The van der Waals surface area contributed by atoms with Gasteiger partial charge in [0.25, 0.3) is 0 Å². The molecule has 2 rings (SSSR count). The minimum Gasteiger partial charge on any atom is -0.508 e. The molecule has 0 amide bonds. The number of aromatic hydroxyl groups is 1. The van der Waals surface area contributed by atoms with Gasteiger partial charge in [-0.2, -0.15) is 0 Å². The summed E-state index contributed by atoms with van der Waals surface area (Å²) in [6, 6.07) is 5.30. The second-order valence-corrected chi connectivity index (χ2v) is 3.36. The maximum Gasteiger partial charge on any atom is 0.120 e. The summed E-state index contributed by atoms with van der Waals surface area (Å²) >= 11 is 0. The van der Waals surface area contributed by atoms with Crippen LogP contribution in [0.4, 0.5) is 0 Å². The number of hydrogen-bond donors (Lipinski definition) is 1. The Kier molecular flexibility index (Phi) is 4.54. The molecule has 17 heavy (non-hydrogen) atoms. The van der Waals surface area contributed by atoms with Crippen LogP contribution in [-0.2, 0) is 6.42 Å². The molecule has 1 aromatic heterocycles. The van der Waals surface area contributed by atoms with Crippen LogP contribution in [-0.4, -0.2) is 10.1 Å². The molecular weight excluding hydrogens is 210 g/mol. The normalized spacial score (nSPS) is 9.29. The highest BCUT2D eigenvalue weighted by Crippen LogP contribution is 2.26. The molecule has 88 valence electrons. The Balaban J connectivity index is 0.000000686. The van der Waals surface area contributed by atoms with E-state index in [9.17, 15) is 5.11 Å². The van der Waals surface area contributed by atoms with Crippen molar-refractivity contribution in [3.8, 4) is 18.1 Å². The Morgan fingerprint density at radius 2 is 2.06 bits per heavy atom. The van der Waals surface area contributed by atoms with Crippen molar-refractivity contribution in [2.75, 3.05) is 0 Å². The van der Waals surface area contributed by atoms with Gasteiger partial charge in [-0.15, -0.1) is 6.42 Å². The van der Waals surface area contributed by atoms with Crippen molar-refractivity contribution in [2.24, 2.45) is 0 Å². The summed E-state index contributed by atoms with van der Waals surface area (Å²) < 4.78 is 0. The molecular formula is C15H17NO. The van der Waals surface area contributed by atoms with Crippen LogP contribution in [0.25, 0.3) is 10.8 Å². The molecule has 2 heteroatoms. The zero-order valence-electron chi connectivity index (χ0n) is 10.5. The van der Waals surface area contributed by atoms with Gasteiger partial charge in [-0.05, 0) is 41.5 Å². The minimum absolute atomic E-state index is 0.272. The first kappa shape index (κ1) is 13.1. The molecule has 0 unspecified atom stereocenters. The molecule has 2 aromatic rings. The fourth-order valence-electron chi connectivity index (χ4n) is 1.77. The number of rotatable bonds is 1. The molecule has 0 atom stereocenters. The van der Waals surface area contributed by atoms with E-state index in [2.05, 4.69) is 10.9 Å². The monoisotopic (exact) mass is 227 g/mol. The fraction of sp³-hybridized carbons (Fsp3) is 0.267. The van der Waals surface area contributed by atoms with Gasteiger partial charge in [0.1, 0.15) is 11.4 Å². The van der Waals surface area contributed by atoms with E-state index in [0.717, 1.165) is 22.8 Å². The summed E-state index contributed by atoms with van der Waals surface area (Å²) in [4.78, 5) is 4.15. The Morgan fingerprint density at radius 1 is 1.35 bits per heavy atom. The smallest absolute Gasteiger partial charge is 0.120 e. The summed E-state index contributed by atoms with van der Waals surface area (Å²) in [6.45, 7) is 6.03. The molecule has 0 aliphatic carbocycles. The predicted molar refractivity (Wildman–Crippen MR) is 72.1 cm³/mol. The van der Waals surface area contributed by atoms with Crippen LogP contribution in [0, 0.1) is 12.3 Å². The molecule has 1 heterocycles. The largest absolute Gasteiger partial charge is 0.508 e. The van der Waals surface area contributed by atoms with E-state index in [1.54, 1.807) is 18.3 Å². The minimum atomic E-state index is 0.272. The lowest BCUT2D eigenvalue weighted by molar-refractivity contribution is 0.475. The highest BCUT2D eigenvalue weighted by atomic mass is 16.3. The third kappa shape index (κ3) is 2.57. The van der Waals surface area contributed by atoms with Gasteiger partial charge in [0.15, 0.2) is 0 Å². The molecule has 0 bridgehead atoms. The SMILES string of the molecule is C#Cc1nccc2cc(O)cc(CC)c12.CC. The Bertz CT molecular complexity index is 553. The van der Waals surface area contributed by atoms with E-state index in [1.807, 2.05) is 26.8 Å². The summed E-state index contributed by atoms with van der Waals surface area (Å²) in [6.07, 6.45) is 7.89. The third-order valence-electron chi connectivity index (χ3n) is 2.45. The van der Waals surface area contributed by atoms with Crippen molar-refractivity contribution in [3.05, 3.63) is 35.7 Å². The number of hydrogen-bond acceptors (Lipinski definition) is 2. The second-order valence-electron chi connectivity index (χ2n) is 3.36. The number of benzene rings is 1. The zero-order chi connectivity index (χ0) is 12.8. The number of phenolic OH excluding ortho intramolecular Hbond substituents is 1. The number of aryl methyl sites for hydroxylation is 1. The van der Waals surface area contributed by atoms with Gasteiger partial charge in [-0.3, -0.25) is 0 Å². The van der Waals surface area contributed by atoms with Crippen molar-refractivity contribution >= 4 is 10.8 Å². The lowest BCUT2D eigenvalue weighted by atomic mass is 10.0. The molecule has 0 radical (unpaired) electrons. The van der Waals surface area contributed by atoms with E-state index in [-0.39, 0.29) is 5.75 Å². The Morgan fingerprint density at radius 3 is 2.65 bits per heavy atom. The van der Waals surface area contributed by atoms with Gasteiger partial charge >= 0.3 is 0 Å². The molecule has 1 N–H and O–H groups in total. The van der Waals surface area contributed by atoms with Gasteiger partial charge in [0.05, 0.1) is 0 Å². The topological polar surface area (TPSA) is 33.1 Å². The lowest BCUT2D eigenvalue weighted by Crippen LogP contribution is -1.90. The number of phenols is 1. The first-order chi connectivity index (χ1) is 8.26. The molecule has 0 aliphatic heterocycles. The van der Waals surface area contributed by atoms with Gasteiger partial charge in [-0.25, -0.2) is 4.98 Å². The standard InChI is InChI=1S/C13H11NO.C2H6/c1-3-9-7-11(15)8-10-5-6-14-12(4-2)13(9)10;1-2/h2,5-8,15H,3H2,1H3;1-2H3. The molecule has 0 saturated heterocycles. The van der Waals surface area contributed by atoms with Crippen molar-refractivity contribution in [3.63, 3.8) is 0 Å². The van der Waals surface area contributed by atoms with Crippen LogP contribution >= 0.6 is 0 Å². The van der Waals surface area contributed by atoms with Gasteiger partial charge in [0, 0.05) is 11.6 Å². The predicted octanol–water partition coefficient (Wildman–Crippen LogP) is 3.51. The van der Waals surface area contributed by atoms with E-state index in [1.165, 1.54) is 0 Å². The van der Waals surface area contributed by atoms with Crippen LogP contribution in [0.5, 0.6) is 5.75 Å². The summed E-state index contributed by atoms with van der Waals surface area (Å²) in [5.41, 5.74) is 1.68. The number of aromatic nitrogens is 1. The van der Waals surface area contributed by atoms with Gasteiger partial charge < -0.3 is 5.11 Å². The quantitative estimate of drug-likeness (QED) is 0.756. The molecule has 0 saturated carbocycles. The lowest BCUT2D eigenvalue weighted by Gasteiger charge is -2.06. The zero-order valence-corrected chi connectivity index (χ0v) is 10.5. The Hall–Kier alpha value is -2.01. The number of nitrogens with zero attached hydrogens (tertiary/aromatic N) is 1. The number of pyridine rings is 1. The second kappa shape index (κ2) is 5.91. The number of fused-ring (bicyclic) bond motifs is 1. The highest BCUT2D eigenvalue weighted by molar-refractivity contribution is 5.90. The molecule has 0 aliphatic rings. The van der Waals surface area contributed by atoms with Crippen LogP contribution in [0.3, 0.4) is 0 Å². The van der Waals surface area contributed by atoms with Crippen molar-refractivity contribution < 1.29 is 5.11 Å². The van der Waals surface area contributed by atoms with Gasteiger partial charge in [-0.1, -0.05) is 20.8 Å². The maximum atomic E-state index is 9.53. The first-order valence-corrected chi connectivity index (χ1v) is 5.83. The van der Waals surface area contributed by atoms with E-state index >= 15 is 0 Å².